The SMILES string of the molecule is Cc1oc(/C=C/C(=O)O)nc1C(=O)O. The number of aromatic nitrogens is 1. The van der Waals surface area contributed by atoms with Gasteiger partial charge in [-0.15, -0.1) is 0 Å². The molecule has 0 aliphatic carbocycles. The minimum Gasteiger partial charge on any atom is -0.478 e. The van der Waals surface area contributed by atoms with Gasteiger partial charge in [0.2, 0.25) is 5.89 Å². The van der Waals surface area contributed by atoms with Gasteiger partial charge in [-0.3, -0.25) is 0 Å². The van der Waals surface area contributed by atoms with Crippen molar-refractivity contribution in [2.24, 2.45) is 0 Å². The number of carbonyl (C=O) groups is 2. The van der Waals surface area contributed by atoms with Gasteiger partial charge in [-0.25, -0.2) is 14.6 Å². The Hall–Kier alpha value is -2.11. The first kappa shape index (κ1) is 9.97. The molecule has 0 atom stereocenters. The summed E-state index contributed by atoms with van der Waals surface area (Å²) < 4.78 is 4.88. The number of hydrogen-bond acceptors (Lipinski definition) is 4. The second-order valence-corrected chi connectivity index (χ2v) is 2.43. The van der Waals surface area contributed by atoms with Crippen molar-refractivity contribution >= 4 is 18.0 Å². The Labute approximate surface area is 78.5 Å². The molecule has 0 amide bonds. The van der Waals surface area contributed by atoms with Crippen LogP contribution in [0.3, 0.4) is 0 Å². The largest absolute Gasteiger partial charge is 0.478 e. The standard InChI is InChI=1S/C8H7NO5/c1-4-7(8(12)13)9-5(14-4)2-3-6(10)11/h2-3H,1H3,(H,10,11)(H,12,13)/b3-2+. The monoisotopic (exact) mass is 197 g/mol. The summed E-state index contributed by atoms with van der Waals surface area (Å²) in [5.74, 6) is -2.26. The van der Waals surface area contributed by atoms with Crippen LogP contribution in [-0.2, 0) is 4.79 Å². The molecule has 74 valence electrons. The molecule has 1 rings (SSSR count). The molecule has 0 fully saturated rings. The number of aliphatic carboxylic acids is 1. The summed E-state index contributed by atoms with van der Waals surface area (Å²) in [5.41, 5.74) is -0.213. The molecule has 0 aliphatic heterocycles. The van der Waals surface area contributed by atoms with E-state index >= 15 is 0 Å². The van der Waals surface area contributed by atoms with E-state index < -0.39 is 11.9 Å². The number of nitrogens with zero attached hydrogens (tertiary/aromatic N) is 1. The number of aryl methyl sites for hydroxylation is 1. The molecule has 1 heterocycles. The third-order valence-electron chi connectivity index (χ3n) is 1.38. The van der Waals surface area contributed by atoms with Gasteiger partial charge in [-0.05, 0) is 6.92 Å². The lowest BCUT2D eigenvalue weighted by Crippen LogP contribution is -1.98. The summed E-state index contributed by atoms with van der Waals surface area (Å²) in [4.78, 5) is 24.2. The quantitative estimate of drug-likeness (QED) is 0.694. The maximum Gasteiger partial charge on any atom is 0.358 e. The highest BCUT2D eigenvalue weighted by atomic mass is 16.4. The number of carboxylic acids is 2. The lowest BCUT2D eigenvalue weighted by Gasteiger charge is -1.82. The van der Waals surface area contributed by atoms with Crippen LogP contribution in [0.2, 0.25) is 0 Å². The van der Waals surface area contributed by atoms with E-state index in [0.29, 0.717) is 0 Å². The molecule has 6 nitrogen and oxygen atoms in total. The average molecular weight is 197 g/mol. The number of carboxylic acid groups (broad SMARTS) is 2. The van der Waals surface area contributed by atoms with Gasteiger partial charge in [0, 0.05) is 12.2 Å². The Balaban J connectivity index is 2.97. The van der Waals surface area contributed by atoms with Gasteiger partial charge in [-0.2, -0.15) is 0 Å². The first-order chi connectivity index (χ1) is 6.50. The molecule has 2 N–H and O–H groups in total. The van der Waals surface area contributed by atoms with Crippen molar-refractivity contribution in [2.45, 2.75) is 6.92 Å². The third-order valence-corrected chi connectivity index (χ3v) is 1.38. The highest BCUT2D eigenvalue weighted by Crippen LogP contribution is 2.10. The fourth-order valence-corrected chi connectivity index (χ4v) is 0.829. The topological polar surface area (TPSA) is 101 Å². The van der Waals surface area contributed by atoms with E-state index in [1.807, 2.05) is 0 Å². The van der Waals surface area contributed by atoms with Crippen LogP contribution < -0.4 is 0 Å². The average Bonchev–Trinajstić information content (AvgIpc) is 2.43. The molecule has 0 spiro atoms. The third kappa shape index (κ3) is 2.19. The zero-order valence-electron chi connectivity index (χ0n) is 7.22. The van der Waals surface area contributed by atoms with Gasteiger partial charge in [0.05, 0.1) is 0 Å². The molecule has 0 saturated heterocycles. The summed E-state index contributed by atoms with van der Waals surface area (Å²) in [5, 5.41) is 16.9. The normalized spacial score (nSPS) is 10.6. The molecule has 1 aromatic heterocycles. The van der Waals surface area contributed by atoms with Gasteiger partial charge < -0.3 is 14.6 Å². The van der Waals surface area contributed by atoms with Crippen LogP contribution >= 0.6 is 0 Å². The minimum absolute atomic E-state index is 0.0395. The molecule has 0 radical (unpaired) electrons. The summed E-state index contributed by atoms with van der Waals surface area (Å²) in [7, 11) is 0. The van der Waals surface area contributed by atoms with Crippen LogP contribution in [0.5, 0.6) is 0 Å². The van der Waals surface area contributed by atoms with Crippen molar-refractivity contribution < 1.29 is 24.2 Å². The van der Waals surface area contributed by atoms with Crippen LogP contribution in [-0.4, -0.2) is 27.1 Å². The Kier molecular flexibility index (Phi) is 2.66. The molecule has 0 aromatic carbocycles. The van der Waals surface area contributed by atoms with Gasteiger partial charge in [-0.1, -0.05) is 0 Å². The van der Waals surface area contributed by atoms with E-state index in [1.54, 1.807) is 0 Å². The van der Waals surface area contributed by atoms with Crippen molar-refractivity contribution in [3.05, 3.63) is 23.4 Å². The first-order valence-electron chi connectivity index (χ1n) is 3.62. The van der Waals surface area contributed by atoms with Crippen molar-refractivity contribution in [1.82, 2.24) is 4.98 Å². The predicted molar refractivity (Wildman–Crippen MR) is 44.9 cm³/mol. The Morgan fingerprint density at radius 3 is 2.50 bits per heavy atom. The van der Waals surface area contributed by atoms with Crippen molar-refractivity contribution in [3.8, 4) is 0 Å². The van der Waals surface area contributed by atoms with Gasteiger partial charge >= 0.3 is 11.9 Å². The fraction of sp³-hybridized carbons (Fsp3) is 0.125. The molecule has 6 heteroatoms. The van der Waals surface area contributed by atoms with E-state index in [1.165, 1.54) is 6.92 Å². The van der Waals surface area contributed by atoms with Gasteiger partial charge in [0.25, 0.3) is 0 Å². The van der Waals surface area contributed by atoms with Crippen LogP contribution in [0.15, 0.2) is 10.5 Å². The molecule has 0 bridgehead atoms. The van der Waals surface area contributed by atoms with E-state index in [9.17, 15) is 9.59 Å². The summed E-state index contributed by atoms with van der Waals surface area (Å²) in [6.45, 7) is 1.44. The molecular formula is C8H7NO5. The number of aromatic carboxylic acids is 1. The lowest BCUT2D eigenvalue weighted by atomic mass is 10.4. The Morgan fingerprint density at radius 1 is 1.43 bits per heavy atom. The van der Waals surface area contributed by atoms with Gasteiger partial charge in [0.15, 0.2) is 5.69 Å². The molecule has 0 saturated carbocycles. The maximum atomic E-state index is 10.5. The smallest absolute Gasteiger partial charge is 0.358 e. The lowest BCUT2D eigenvalue weighted by molar-refractivity contribution is -0.131. The summed E-state index contributed by atoms with van der Waals surface area (Å²) in [6, 6.07) is 0. The van der Waals surface area contributed by atoms with Crippen LogP contribution in [0, 0.1) is 6.92 Å². The Morgan fingerprint density at radius 2 is 2.07 bits per heavy atom. The second-order valence-electron chi connectivity index (χ2n) is 2.43. The number of oxazole rings is 1. The predicted octanol–water partition coefficient (Wildman–Crippen LogP) is 0.779. The number of hydrogen-bond donors (Lipinski definition) is 2. The second kappa shape index (κ2) is 3.73. The number of rotatable bonds is 3. The fourth-order valence-electron chi connectivity index (χ4n) is 0.829. The first-order valence-corrected chi connectivity index (χ1v) is 3.62. The zero-order valence-corrected chi connectivity index (χ0v) is 7.22. The summed E-state index contributed by atoms with van der Waals surface area (Å²) in [6.07, 6.45) is 1.90. The molecular weight excluding hydrogens is 190 g/mol. The van der Waals surface area contributed by atoms with Gasteiger partial charge in [0.1, 0.15) is 5.76 Å². The zero-order chi connectivity index (χ0) is 10.7. The minimum atomic E-state index is -1.21. The van der Waals surface area contributed by atoms with Crippen molar-refractivity contribution in [2.75, 3.05) is 0 Å². The molecule has 14 heavy (non-hydrogen) atoms. The van der Waals surface area contributed by atoms with Crippen LogP contribution in [0.25, 0.3) is 6.08 Å². The van der Waals surface area contributed by atoms with E-state index in [4.69, 9.17) is 14.6 Å². The Bertz CT molecular complexity index is 404. The highest BCUT2D eigenvalue weighted by Gasteiger charge is 2.14. The molecule has 0 unspecified atom stereocenters. The van der Waals surface area contributed by atoms with Crippen molar-refractivity contribution in [1.29, 1.82) is 0 Å². The van der Waals surface area contributed by atoms with E-state index in [-0.39, 0.29) is 17.3 Å². The maximum absolute atomic E-state index is 10.5. The van der Waals surface area contributed by atoms with Crippen molar-refractivity contribution in [3.63, 3.8) is 0 Å². The molecule has 0 aliphatic rings. The van der Waals surface area contributed by atoms with E-state index in [0.717, 1.165) is 12.2 Å². The molecule has 1 aromatic rings. The summed E-state index contributed by atoms with van der Waals surface area (Å²) >= 11 is 0. The highest BCUT2D eigenvalue weighted by molar-refractivity contribution is 5.87. The van der Waals surface area contributed by atoms with E-state index in [2.05, 4.69) is 4.98 Å². The van der Waals surface area contributed by atoms with Crippen LogP contribution in [0.4, 0.5) is 0 Å². The van der Waals surface area contributed by atoms with Crippen LogP contribution in [0.1, 0.15) is 22.1 Å².